The van der Waals surface area contributed by atoms with Crippen molar-refractivity contribution in [1.29, 1.82) is 0 Å². The van der Waals surface area contributed by atoms with Gasteiger partial charge >= 0.3 is 0 Å². The molecule has 0 saturated carbocycles. The lowest BCUT2D eigenvalue weighted by molar-refractivity contribution is 1.43. The van der Waals surface area contributed by atoms with E-state index in [1.54, 1.807) is 0 Å². The predicted molar refractivity (Wildman–Crippen MR) is 132 cm³/mol. The number of rotatable bonds is 5. The zero-order valence-corrected chi connectivity index (χ0v) is 18.3. The number of allylic oxidation sites excluding steroid dienone is 1. The molecule has 0 spiro atoms. The van der Waals surface area contributed by atoms with Crippen molar-refractivity contribution in [3.8, 4) is 0 Å². The van der Waals surface area contributed by atoms with Gasteiger partial charge in [0.1, 0.15) is 0 Å². The van der Waals surface area contributed by atoms with Crippen LogP contribution in [0.5, 0.6) is 0 Å². The quantitative estimate of drug-likeness (QED) is 0.333. The first-order chi connectivity index (χ1) is 14.7. The minimum absolute atomic E-state index is 1.03. The molecule has 0 atom stereocenters. The fraction of sp³-hybridized carbons (Fsp3) is 0.0714. The van der Waals surface area contributed by atoms with E-state index in [9.17, 15) is 0 Å². The van der Waals surface area contributed by atoms with Crippen LogP contribution in [0.3, 0.4) is 0 Å². The minimum atomic E-state index is -2.25. The normalized spacial score (nSPS) is 11.9. The van der Waals surface area contributed by atoms with E-state index in [-0.39, 0.29) is 0 Å². The second-order valence-electron chi connectivity index (χ2n) is 7.28. The molecule has 0 saturated heterocycles. The summed E-state index contributed by atoms with van der Waals surface area (Å²) in [6.45, 7) is 4.19. The molecular formula is C28H26NP. The third-order valence-corrected chi connectivity index (χ3v) is 8.92. The summed E-state index contributed by atoms with van der Waals surface area (Å²) in [4.78, 5) is 0. The molecule has 1 nitrogen and oxygen atoms in total. The molecule has 0 radical (unpaired) electrons. The zero-order chi connectivity index (χ0) is 20.8. The van der Waals surface area contributed by atoms with E-state index in [0.717, 1.165) is 11.3 Å². The maximum Gasteiger partial charge on any atom is 0.0654 e. The van der Waals surface area contributed by atoms with Crippen molar-refractivity contribution in [3.05, 3.63) is 132 Å². The number of hydrogen-bond donors (Lipinski definition) is 0. The fourth-order valence-electron chi connectivity index (χ4n) is 3.72. The number of nitrogens with zero attached hydrogens (tertiary/aromatic N) is 1. The Morgan fingerprint density at radius 3 is 1.37 bits per heavy atom. The molecule has 4 rings (SSSR count). The number of aryl methyl sites for hydroxylation is 1. The van der Waals surface area contributed by atoms with Crippen molar-refractivity contribution in [3.63, 3.8) is 0 Å². The Labute approximate surface area is 179 Å². The lowest BCUT2D eigenvalue weighted by Gasteiger charge is -2.27. The van der Waals surface area contributed by atoms with Gasteiger partial charge in [-0.1, -0.05) is 127 Å². The van der Waals surface area contributed by atoms with Gasteiger partial charge in [0.05, 0.1) is 12.8 Å². The first-order valence-electron chi connectivity index (χ1n) is 10.3. The van der Waals surface area contributed by atoms with E-state index in [0.29, 0.717) is 0 Å². The molecule has 148 valence electrons. The van der Waals surface area contributed by atoms with Crippen molar-refractivity contribution in [2.45, 2.75) is 13.8 Å². The Bertz CT molecular complexity index is 1070. The monoisotopic (exact) mass is 407 g/mol. The first-order valence-corrected chi connectivity index (χ1v) is 12.0. The molecule has 0 fully saturated rings. The van der Waals surface area contributed by atoms with Gasteiger partial charge in [-0.15, -0.1) is 0 Å². The molecule has 0 aliphatic carbocycles. The summed E-state index contributed by atoms with van der Waals surface area (Å²) in [6, 6.07) is 40.9. The van der Waals surface area contributed by atoms with E-state index < -0.39 is 7.05 Å². The van der Waals surface area contributed by atoms with E-state index in [2.05, 4.69) is 135 Å². The van der Waals surface area contributed by atoms with Crippen molar-refractivity contribution < 1.29 is 0 Å². The summed E-state index contributed by atoms with van der Waals surface area (Å²) in [5, 5.41) is 3.77. The Balaban J connectivity index is 2.09. The highest BCUT2D eigenvalue weighted by Gasteiger charge is 2.27. The van der Waals surface area contributed by atoms with Gasteiger partial charge in [0.25, 0.3) is 0 Å². The molecule has 0 bridgehead atoms. The average molecular weight is 407 g/mol. The third kappa shape index (κ3) is 3.95. The van der Waals surface area contributed by atoms with E-state index >= 15 is 0 Å². The highest BCUT2D eigenvalue weighted by molar-refractivity contribution is 7.87. The van der Waals surface area contributed by atoms with Crippen LogP contribution < -0.4 is 15.9 Å². The van der Waals surface area contributed by atoms with Crippen LogP contribution in [-0.4, -0.2) is 0 Å². The smallest absolute Gasteiger partial charge is 0.0654 e. The summed E-state index contributed by atoms with van der Waals surface area (Å²) in [5.74, 6) is 0. The van der Waals surface area contributed by atoms with Crippen LogP contribution >= 0.6 is 7.05 Å². The topological polar surface area (TPSA) is 12.4 Å². The second-order valence-corrected chi connectivity index (χ2v) is 10.3. The molecule has 0 unspecified atom stereocenters. The Morgan fingerprint density at radius 2 is 1.00 bits per heavy atom. The first kappa shape index (κ1) is 20.1. The van der Waals surface area contributed by atoms with Gasteiger partial charge in [0, 0.05) is 15.9 Å². The van der Waals surface area contributed by atoms with Gasteiger partial charge in [0.15, 0.2) is 0 Å². The van der Waals surface area contributed by atoms with Gasteiger partial charge in [0.2, 0.25) is 0 Å². The van der Waals surface area contributed by atoms with E-state index in [4.69, 9.17) is 4.74 Å². The van der Waals surface area contributed by atoms with Crippen LogP contribution in [0.2, 0.25) is 0 Å². The van der Waals surface area contributed by atoms with Crippen LogP contribution in [0.1, 0.15) is 18.1 Å². The van der Waals surface area contributed by atoms with Crippen molar-refractivity contribution in [1.82, 2.24) is 0 Å². The van der Waals surface area contributed by atoms with Gasteiger partial charge in [-0.05, 0) is 19.4 Å². The summed E-state index contributed by atoms with van der Waals surface area (Å²) in [7, 11) is -2.25. The average Bonchev–Trinajstić information content (AvgIpc) is 2.83. The highest BCUT2D eigenvalue weighted by Crippen LogP contribution is 2.48. The molecule has 0 aliphatic heterocycles. The van der Waals surface area contributed by atoms with Crippen LogP contribution in [0, 0.1) is 6.92 Å². The lowest BCUT2D eigenvalue weighted by atomic mass is 10.1. The van der Waals surface area contributed by atoms with Crippen LogP contribution in [0.4, 0.5) is 0 Å². The Kier molecular flexibility index (Phi) is 6.12. The molecule has 0 aromatic heterocycles. The summed E-state index contributed by atoms with van der Waals surface area (Å²) < 4.78 is 5.61. The molecule has 0 aliphatic rings. The Morgan fingerprint density at radius 1 is 0.600 bits per heavy atom. The maximum atomic E-state index is 5.61. The van der Waals surface area contributed by atoms with Gasteiger partial charge in [-0.2, -0.15) is 0 Å². The minimum Gasteiger partial charge on any atom is -0.254 e. The molecule has 4 aromatic rings. The highest BCUT2D eigenvalue weighted by atomic mass is 31.2. The fourth-order valence-corrected chi connectivity index (χ4v) is 7.33. The molecule has 0 heterocycles. The number of benzene rings is 4. The molecule has 0 amide bonds. The Hall–Kier alpha value is -3.15. The largest absolute Gasteiger partial charge is 0.254 e. The van der Waals surface area contributed by atoms with Gasteiger partial charge < -0.3 is 0 Å². The summed E-state index contributed by atoms with van der Waals surface area (Å²) >= 11 is 0. The zero-order valence-electron chi connectivity index (χ0n) is 17.4. The SMILES string of the molecule is C/C=C(\N=P(c1ccccc1)(c1ccccc1)c1ccccc1)c1ccc(C)cc1. The molecule has 2 heteroatoms. The maximum absolute atomic E-state index is 5.61. The lowest BCUT2D eigenvalue weighted by Crippen LogP contribution is -2.25. The second kappa shape index (κ2) is 9.11. The molecular weight excluding hydrogens is 381 g/mol. The van der Waals surface area contributed by atoms with Crippen LogP contribution in [0.15, 0.2) is 126 Å². The molecule has 30 heavy (non-hydrogen) atoms. The van der Waals surface area contributed by atoms with E-state index in [1.807, 2.05) is 0 Å². The van der Waals surface area contributed by atoms with E-state index in [1.165, 1.54) is 21.5 Å². The summed E-state index contributed by atoms with van der Waals surface area (Å²) in [5.41, 5.74) is 3.43. The van der Waals surface area contributed by atoms with Crippen molar-refractivity contribution >= 4 is 28.7 Å². The predicted octanol–water partition coefficient (Wildman–Crippen LogP) is 6.53. The van der Waals surface area contributed by atoms with Crippen molar-refractivity contribution in [2.75, 3.05) is 0 Å². The van der Waals surface area contributed by atoms with Crippen LogP contribution in [-0.2, 0) is 0 Å². The van der Waals surface area contributed by atoms with Crippen molar-refractivity contribution in [2.24, 2.45) is 4.74 Å². The standard InChI is InChI=1S/C28H26NP/c1-3-28(24-21-19-23(2)20-22-24)29-30(25-13-7-4-8-14-25,26-15-9-5-10-16-26)27-17-11-6-12-18-27/h3-22H,1-2H3/b28-3-. The number of hydrogen-bond acceptors (Lipinski definition) is 1. The van der Waals surface area contributed by atoms with Gasteiger partial charge in [-0.25, -0.2) is 0 Å². The molecule has 4 aromatic carbocycles. The van der Waals surface area contributed by atoms with Gasteiger partial charge in [-0.3, -0.25) is 4.74 Å². The summed E-state index contributed by atoms with van der Waals surface area (Å²) in [6.07, 6.45) is 2.13. The third-order valence-electron chi connectivity index (χ3n) is 5.27. The molecule has 0 N–H and O–H groups in total. The van der Waals surface area contributed by atoms with Crippen LogP contribution in [0.25, 0.3) is 5.70 Å².